The second kappa shape index (κ2) is 17.2. The zero-order valence-corrected chi connectivity index (χ0v) is 30.0. The molecule has 4 rings (SSSR count). The second-order valence-corrected chi connectivity index (χ2v) is 14.2. The summed E-state index contributed by atoms with van der Waals surface area (Å²) in [7, 11) is 5.19. The second-order valence-electron chi connectivity index (χ2n) is 14.2. The van der Waals surface area contributed by atoms with Crippen LogP contribution in [0, 0.1) is 5.92 Å². The first-order valence-corrected chi connectivity index (χ1v) is 17.3. The molecule has 3 amide bonds. The number of carbonyl (C=O) groups excluding carboxylic acids is 3. The monoisotopic (exact) mass is 663 g/mol. The van der Waals surface area contributed by atoms with Gasteiger partial charge in [-0.3, -0.25) is 19.4 Å². The molecule has 8 nitrogen and oxygen atoms in total. The normalized spacial score (nSPS) is 13.4. The van der Waals surface area contributed by atoms with Crippen molar-refractivity contribution in [2.24, 2.45) is 11.7 Å². The third-order valence-corrected chi connectivity index (χ3v) is 9.24. The number of aryl methyl sites for hydroxylation is 1. The fraction of sp³-hybridized carbons (Fsp3) is 0.415. The topological polar surface area (TPSA) is 99.8 Å². The lowest BCUT2D eigenvalue weighted by atomic mass is 9.90. The molecule has 1 aromatic heterocycles. The molecular weight excluding hydrogens is 610 g/mol. The number of nitrogens with two attached hydrogens (primary N) is 1. The molecule has 3 aromatic carbocycles. The maximum Gasteiger partial charge on any atom is 0.246 e. The molecule has 4 aromatic rings. The number of benzene rings is 3. The van der Waals surface area contributed by atoms with Crippen molar-refractivity contribution in [3.8, 4) is 0 Å². The summed E-state index contributed by atoms with van der Waals surface area (Å²) >= 11 is 0. The third kappa shape index (κ3) is 11.0. The molecule has 0 aliphatic rings. The van der Waals surface area contributed by atoms with Crippen LogP contribution in [0.5, 0.6) is 0 Å². The van der Waals surface area contributed by atoms with Gasteiger partial charge in [-0.25, -0.2) is 0 Å². The number of amides is 3. The summed E-state index contributed by atoms with van der Waals surface area (Å²) in [5.74, 6) is -0.485. The number of hydrogen-bond acceptors (Lipinski definition) is 5. The van der Waals surface area contributed by atoms with E-state index in [1.165, 1.54) is 0 Å². The molecule has 2 N–H and O–H groups in total. The number of nitrogens with zero attached hydrogens (tertiary/aromatic N) is 4. The van der Waals surface area contributed by atoms with Crippen LogP contribution in [0.3, 0.4) is 0 Å². The van der Waals surface area contributed by atoms with Gasteiger partial charge in [-0.15, -0.1) is 0 Å². The minimum atomic E-state index is -0.803. The Balaban J connectivity index is 1.62. The summed E-state index contributed by atoms with van der Waals surface area (Å²) in [5.41, 5.74) is 8.80. The zero-order valence-electron chi connectivity index (χ0n) is 30.0. The number of hydrogen-bond donors (Lipinski definition) is 1. The zero-order chi connectivity index (χ0) is 35.6. The van der Waals surface area contributed by atoms with Gasteiger partial charge >= 0.3 is 0 Å². The highest BCUT2D eigenvalue weighted by Gasteiger charge is 2.36. The lowest BCUT2D eigenvalue weighted by Crippen LogP contribution is -2.56. The quantitative estimate of drug-likeness (QED) is 0.161. The van der Waals surface area contributed by atoms with E-state index in [0.717, 1.165) is 27.6 Å². The Hall–Kier alpha value is -4.56. The number of fused-ring (bicyclic) bond motifs is 1. The first kappa shape index (κ1) is 37.3. The summed E-state index contributed by atoms with van der Waals surface area (Å²) in [6.45, 7) is 6.40. The van der Waals surface area contributed by atoms with Gasteiger partial charge in [0.1, 0.15) is 12.1 Å². The van der Waals surface area contributed by atoms with Crippen molar-refractivity contribution in [2.75, 3.05) is 27.7 Å². The van der Waals surface area contributed by atoms with E-state index in [1.54, 1.807) is 42.0 Å². The molecule has 8 heteroatoms. The molecular formula is C41H53N5O3. The molecule has 0 saturated carbocycles. The van der Waals surface area contributed by atoms with Gasteiger partial charge in [0.2, 0.25) is 17.7 Å². The van der Waals surface area contributed by atoms with Crippen LogP contribution in [-0.2, 0) is 33.6 Å². The van der Waals surface area contributed by atoms with Crippen molar-refractivity contribution in [1.82, 2.24) is 19.7 Å². The number of carbonyl (C=O) groups is 3. The molecule has 0 bridgehead atoms. The van der Waals surface area contributed by atoms with Gasteiger partial charge in [-0.05, 0) is 73.1 Å². The molecule has 0 aliphatic heterocycles. The van der Waals surface area contributed by atoms with Crippen molar-refractivity contribution < 1.29 is 14.4 Å². The van der Waals surface area contributed by atoms with Gasteiger partial charge in [0.05, 0.1) is 0 Å². The van der Waals surface area contributed by atoms with Crippen molar-refractivity contribution in [2.45, 2.75) is 76.9 Å². The molecule has 1 heterocycles. The number of likely N-dealkylation sites (N-methyl/N-ethyl adjacent to an activating group) is 3. The molecule has 0 aliphatic carbocycles. The van der Waals surface area contributed by atoms with E-state index in [0.29, 0.717) is 38.6 Å². The van der Waals surface area contributed by atoms with E-state index in [1.807, 2.05) is 99.6 Å². The first-order valence-electron chi connectivity index (χ1n) is 17.3. The van der Waals surface area contributed by atoms with Gasteiger partial charge in [0.25, 0.3) is 0 Å². The average Bonchev–Trinajstić information content (AvgIpc) is 3.08. The van der Waals surface area contributed by atoms with Gasteiger partial charge in [0.15, 0.2) is 0 Å². The van der Waals surface area contributed by atoms with Gasteiger partial charge in [-0.1, -0.05) is 85.8 Å². The minimum Gasteiger partial charge on any atom is -0.344 e. The lowest BCUT2D eigenvalue weighted by Gasteiger charge is -2.36. The molecule has 0 spiro atoms. The van der Waals surface area contributed by atoms with E-state index in [4.69, 9.17) is 5.73 Å². The van der Waals surface area contributed by atoms with Crippen LogP contribution in [0.2, 0.25) is 0 Å². The fourth-order valence-electron chi connectivity index (χ4n) is 6.58. The summed E-state index contributed by atoms with van der Waals surface area (Å²) < 4.78 is 0. The molecule has 3 atom stereocenters. The average molecular weight is 664 g/mol. The van der Waals surface area contributed by atoms with E-state index < -0.39 is 17.6 Å². The van der Waals surface area contributed by atoms with Gasteiger partial charge in [-0.2, -0.15) is 0 Å². The maximum absolute atomic E-state index is 14.7. The Morgan fingerprint density at radius 3 is 2.10 bits per heavy atom. The largest absolute Gasteiger partial charge is 0.344 e. The highest BCUT2D eigenvalue weighted by atomic mass is 16.2. The Labute approximate surface area is 292 Å². The van der Waals surface area contributed by atoms with Crippen molar-refractivity contribution in [1.29, 1.82) is 0 Å². The number of aromatic nitrogens is 1. The standard InChI is InChI=1S/C41H53N5O3/c1-30(29-41(2,3)42)26-38(47)45(5)37(28-32-19-21-33-16-10-11-17-34(33)27-32)40(49)46(6)36(22-20-31-14-8-7-9-15-31)39(48)44(4)25-23-35-18-12-13-24-43-35/h7-19,21,24,27,30,36-37H,20,22-23,25-26,28-29,42H2,1-6H3/t30?,36?,37-/m1/s1. The highest BCUT2D eigenvalue weighted by Crippen LogP contribution is 2.23. The Bertz CT molecular complexity index is 1670. The molecule has 2 unspecified atom stereocenters. The van der Waals surface area contributed by atoms with E-state index in [9.17, 15) is 14.4 Å². The predicted octanol–water partition coefficient (Wildman–Crippen LogP) is 5.92. The summed E-state index contributed by atoms with van der Waals surface area (Å²) in [4.78, 5) is 51.9. The van der Waals surface area contributed by atoms with Crippen LogP contribution in [0.4, 0.5) is 0 Å². The maximum atomic E-state index is 14.7. The van der Waals surface area contributed by atoms with Crippen LogP contribution >= 0.6 is 0 Å². The van der Waals surface area contributed by atoms with Crippen LogP contribution in [-0.4, -0.2) is 82.7 Å². The first-order chi connectivity index (χ1) is 23.3. The van der Waals surface area contributed by atoms with E-state index >= 15 is 0 Å². The fourth-order valence-corrected chi connectivity index (χ4v) is 6.58. The SMILES string of the molecule is CC(CC(=O)N(C)[C@H](Cc1ccc2ccccc2c1)C(=O)N(C)C(CCc1ccccc1)C(=O)N(C)CCc1ccccn1)CC(C)(C)N. The van der Waals surface area contributed by atoms with Crippen LogP contribution in [0.25, 0.3) is 10.8 Å². The molecule has 0 radical (unpaired) electrons. The summed E-state index contributed by atoms with van der Waals surface area (Å²) in [6, 6.07) is 28.5. The van der Waals surface area contributed by atoms with Gasteiger partial charge in [0, 0.05) is 64.4 Å². The molecule has 49 heavy (non-hydrogen) atoms. The van der Waals surface area contributed by atoms with Crippen LogP contribution in [0.1, 0.15) is 56.9 Å². The van der Waals surface area contributed by atoms with Crippen LogP contribution in [0.15, 0.2) is 97.2 Å². The Morgan fingerprint density at radius 2 is 1.43 bits per heavy atom. The van der Waals surface area contributed by atoms with Crippen molar-refractivity contribution in [3.63, 3.8) is 0 Å². The highest BCUT2D eigenvalue weighted by molar-refractivity contribution is 5.92. The van der Waals surface area contributed by atoms with Crippen molar-refractivity contribution in [3.05, 3.63) is 114 Å². The third-order valence-electron chi connectivity index (χ3n) is 9.24. The number of pyridine rings is 1. The molecule has 260 valence electrons. The summed E-state index contributed by atoms with van der Waals surface area (Å²) in [5, 5.41) is 2.17. The lowest BCUT2D eigenvalue weighted by molar-refractivity contribution is -0.150. The van der Waals surface area contributed by atoms with Crippen molar-refractivity contribution >= 4 is 28.5 Å². The molecule has 0 fully saturated rings. The number of rotatable bonds is 16. The minimum absolute atomic E-state index is 0.0389. The van der Waals surface area contributed by atoms with E-state index in [-0.39, 0.29) is 30.1 Å². The van der Waals surface area contributed by atoms with Gasteiger partial charge < -0.3 is 20.4 Å². The van der Waals surface area contributed by atoms with Crippen LogP contribution < -0.4 is 5.73 Å². The smallest absolute Gasteiger partial charge is 0.246 e. The summed E-state index contributed by atoms with van der Waals surface area (Å²) in [6.07, 6.45) is 4.69. The van der Waals surface area contributed by atoms with E-state index in [2.05, 4.69) is 17.1 Å². The Kier molecular flexibility index (Phi) is 13.1. The molecule has 0 saturated heterocycles. The predicted molar refractivity (Wildman–Crippen MR) is 198 cm³/mol. The Morgan fingerprint density at radius 1 is 0.755 bits per heavy atom.